The first kappa shape index (κ1) is 16.2. The van der Waals surface area contributed by atoms with E-state index in [-0.39, 0.29) is 12.4 Å². The molecule has 5 heteroatoms. The van der Waals surface area contributed by atoms with Crippen molar-refractivity contribution in [3.8, 4) is 0 Å². The maximum absolute atomic E-state index is 12.0. The second-order valence-corrected chi connectivity index (χ2v) is 5.87. The molecule has 0 spiro atoms. The highest BCUT2D eigenvalue weighted by Crippen LogP contribution is 2.15. The van der Waals surface area contributed by atoms with Gasteiger partial charge < -0.3 is 9.64 Å². The fourth-order valence-electron chi connectivity index (χ4n) is 1.84. The van der Waals surface area contributed by atoms with E-state index in [0.717, 1.165) is 10.2 Å². The second kappa shape index (κ2) is 7.22. The zero-order valence-corrected chi connectivity index (χ0v) is 14.0. The molecule has 0 aromatic heterocycles. The molecule has 4 nitrogen and oxygen atoms in total. The number of hydrogen-bond acceptors (Lipinski definition) is 4. The Morgan fingerprint density at radius 1 is 1.05 bits per heavy atom. The minimum atomic E-state index is -0.505. The van der Waals surface area contributed by atoms with Crippen molar-refractivity contribution in [1.29, 1.82) is 0 Å². The van der Waals surface area contributed by atoms with E-state index in [0.29, 0.717) is 11.1 Å². The van der Waals surface area contributed by atoms with Gasteiger partial charge in [-0.25, -0.2) is 4.79 Å². The third kappa shape index (κ3) is 4.18. The van der Waals surface area contributed by atoms with E-state index < -0.39 is 5.97 Å². The summed E-state index contributed by atoms with van der Waals surface area (Å²) in [6.45, 7) is -0.271. The van der Waals surface area contributed by atoms with Crippen LogP contribution in [0.2, 0.25) is 0 Å². The molecule has 0 amide bonds. The lowest BCUT2D eigenvalue weighted by Crippen LogP contribution is -2.15. The molecule has 2 rings (SSSR count). The van der Waals surface area contributed by atoms with Crippen LogP contribution in [0.1, 0.15) is 20.7 Å². The zero-order valence-electron chi connectivity index (χ0n) is 12.4. The standard InChI is InChI=1S/C17H16BrNO3/c1-19(2)15-5-3-4-13(10-15)17(21)22-11-16(20)12-6-8-14(18)9-7-12/h3-10H,11H2,1-2H3. The molecule has 2 aromatic rings. The van der Waals surface area contributed by atoms with E-state index in [1.165, 1.54) is 0 Å². The van der Waals surface area contributed by atoms with Crippen molar-refractivity contribution in [1.82, 2.24) is 0 Å². The Kier molecular flexibility index (Phi) is 5.33. The number of anilines is 1. The Bertz CT molecular complexity index is 681. The van der Waals surface area contributed by atoms with Crippen molar-refractivity contribution >= 4 is 33.4 Å². The average Bonchev–Trinajstić information content (AvgIpc) is 2.53. The van der Waals surface area contributed by atoms with Crippen LogP contribution in [0.5, 0.6) is 0 Å². The number of esters is 1. The summed E-state index contributed by atoms with van der Waals surface area (Å²) in [6, 6.07) is 14.0. The normalized spacial score (nSPS) is 10.1. The molecule has 0 bridgehead atoms. The van der Waals surface area contributed by atoms with Crippen LogP contribution in [0.25, 0.3) is 0 Å². The monoisotopic (exact) mass is 361 g/mol. The van der Waals surface area contributed by atoms with Crippen molar-refractivity contribution in [2.75, 3.05) is 25.6 Å². The molecule has 0 heterocycles. The van der Waals surface area contributed by atoms with Gasteiger partial charge in [0.05, 0.1) is 5.56 Å². The summed E-state index contributed by atoms with van der Waals surface area (Å²) in [4.78, 5) is 25.9. The summed E-state index contributed by atoms with van der Waals surface area (Å²) in [5.74, 6) is -0.737. The third-order valence-corrected chi connectivity index (χ3v) is 3.63. The fourth-order valence-corrected chi connectivity index (χ4v) is 2.11. The van der Waals surface area contributed by atoms with Gasteiger partial charge in [-0.15, -0.1) is 0 Å². The van der Waals surface area contributed by atoms with Gasteiger partial charge in [-0.3, -0.25) is 4.79 Å². The summed E-state index contributed by atoms with van der Waals surface area (Å²) >= 11 is 3.31. The summed E-state index contributed by atoms with van der Waals surface area (Å²) in [5.41, 5.74) is 1.83. The molecule has 0 saturated heterocycles. The van der Waals surface area contributed by atoms with E-state index >= 15 is 0 Å². The average molecular weight is 362 g/mol. The maximum atomic E-state index is 12.0. The minimum absolute atomic E-state index is 0.232. The lowest BCUT2D eigenvalue weighted by Gasteiger charge is -2.13. The lowest BCUT2D eigenvalue weighted by molar-refractivity contribution is 0.0475. The predicted molar refractivity (Wildman–Crippen MR) is 89.5 cm³/mol. The first-order valence-electron chi connectivity index (χ1n) is 6.70. The summed E-state index contributed by atoms with van der Waals surface area (Å²) < 4.78 is 5.98. The van der Waals surface area contributed by atoms with Gasteiger partial charge in [-0.1, -0.05) is 34.1 Å². The highest BCUT2D eigenvalue weighted by molar-refractivity contribution is 9.10. The largest absolute Gasteiger partial charge is 0.454 e. The van der Waals surface area contributed by atoms with Crippen LogP contribution < -0.4 is 4.90 Å². The van der Waals surface area contributed by atoms with Gasteiger partial charge in [0.2, 0.25) is 0 Å². The van der Waals surface area contributed by atoms with Crippen molar-refractivity contribution in [3.63, 3.8) is 0 Å². The number of ketones is 1. The molecule has 114 valence electrons. The van der Waals surface area contributed by atoms with Crippen LogP contribution in [0.3, 0.4) is 0 Å². The highest BCUT2D eigenvalue weighted by Gasteiger charge is 2.12. The first-order chi connectivity index (χ1) is 10.5. The molecular weight excluding hydrogens is 346 g/mol. The number of benzene rings is 2. The van der Waals surface area contributed by atoms with Gasteiger partial charge in [-0.2, -0.15) is 0 Å². The molecule has 0 N–H and O–H groups in total. The van der Waals surface area contributed by atoms with Crippen molar-refractivity contribution in [2.24, 2.45) is 0 Å². The van der Waals surface area contributed by atoms with Gasteiger partial charge in [-0.05, 0) is 30.3 Å². The number of nitrogens with zero attached hydrogens (tertiary/aromatic N) is 1. The van der Waals surface area contributed by atoms with E-state index in [2.05, 4.69) is 15.9 Å². The minimum Gasteiger partial charge on any atom is -0.454 e. The molecule has 0 aliphatic heterocycles. The smallest absolute Gasteiger partial charge is 0.338 e. The van der Waals surface area contributed by atoms with Gasteiger partial charge >= 0.3 is 5.97 Å². The molecule has 0 fully saturated rings. The Morgan fingerprint density at radius 2 is 1.73 bits per heavy atom. The third-order valence-electron chi connectivity index (χ3n) is 3.10. The summed E-state index contributed by atoms with van der Waals surface area (Å²) in [5, 5.41) is 0. The van der Waals surface area contributed by atoms with Gasteiger partial charge in [0.15, 0.2) is 12.4 Å². The van der Waals surface area contributed by atoms with Gasteiger partial charge in [0.1, 0.15) is 0 Å². The summed E-state index contributed by atoms with van der Waals surface area (Å²) in [6.07, 6.45) is 0. The van der Waals surface area contributed by atoms with Crippen molar-refractivity contribution < 1.29 is 14.3 Å². The van der Waals surface area contributed by atoms with Gasteiger partial charge in [0.25, 0.3) is 0 Å². The fraction of sp³-hybridized carbons (Fsp3) is 0.176. The molecule has 0 aliphatic rings. The molecule has 0 atom stereocenters. The van der Waals surface area contributed by atoms with E-state index in [1.807, 2.05) is 25.1 Å². The molecular formula is C17H16BrNO3. The van der Waals surface area contributed by atoms with Crippen LogP contribution >= 0.6 is 15.9 Å². The Hall–Kier alpha value is -2.14. The number of ether oxygens (including phenoxy) is 1. The number of halogens is 1. The van der Waals surface area contributed by atoms with Crippen LogP contribution in [0, 0.1) is 0 Å². The molecule has 22 heavy (non-hydrogen) atoms. The first-order valence-corrected chi connectivity index (χ1v) is 7.50. The highest BCUT2D eigenvalue weighted by atomic mass is 79.9. The maximum Gasteiger partial charge on any atom is 0.338 e. The number of Topliss-reactive ketones (excluding diaryl/α,β-unsaturated/α-hetero) is 1. The number of carbonyl (C=O) groups excluding carboxylic acids is 2. The lowest BCUT2D eigenvalue weighted by atomic mass is 10.1. The Balaban J connectivity index is 1.99. The molecule has 0 saturated carbocycles. The van der Waals surface area contributed by atoms with Crippen molar-refractivity contribution in [2.45, 2.75) is 0 Å². The van der Waals surface area contributed by atoms with Crippen LogP contribution in [0.15, 0.2) is 53.0 Å². The Morgan fingerprint density at radius 3 is 2.36 bits per heavy atom. The van der Waals surface area contributed by atoms with Crippen LogP contribution in [-0.4, -0.2) is 32.5 Å². The number of carbonyl (C=O) groups is 2. The summed E-state index contributed by atoms with van der Waals surface area (Å²) in [7, 11) is 3.78. The van der Waals surface area contributed by atoms with Crippen LogP contribution in [0.4, 0.5) is 5.69 Å². The number of rotatable bonds is 5. The zero-order chi connectivity index (χ0) is 16.1. The Labute approximate surface area is 137 Å². The molecule has 2 aromatic carbocycles. The number of hydrogen-bond donors (Lipinski definition) is 0. The SMILES string of the molecule is CN(C)c1cccc(C(=O)OCC(=O)c2ccc(Br)cc2)c1. The second-order valence-electron chi connectivity index (χ2n) is 4.95. The van der Waals surface area contributed by atoms with E-state index in [4.69, 9.17) is 4.74 Å². The quantitative estimate of drug-likeness (QED) is 0.603. The van der Waals surface area contributed by atoms with E-state index in [9.17, 15) is 9.59 Å². The predicted octanol–water partition coefficient (Wildman–Crippen LogP) is 3.55. The van der Waals surface area contributed by atoms with Gasteiger partial charge in [0, 0.05) is 29.8 Å². The van der Waals surface area contributed by atoms with Crippen LogP contribution in [-0.2, 0) is 4.74 Å². The molecule has 0 radical (unpaired) electrons. The van der Waals surface area contributed by atoms with Crippen molar-refractivity contribution in [3.05, 3.63) is 64.1 Å². The van der Waals surface area contributed by atoms with E-state index in [1.54, 1.807) is 42.5 Å². The molecule has 0 unspecified atom stereocenters. The topological polar surface area (TPSA) is 46.6 Å². The molecule has 0 aliphatic carbocycles.